The van der Waals surface area contributed by atoms with Crippen LogP contribution in [0.5, 0.6) is 0 Å². The van der Waals surface area contributed by atoms with Crippen molar-refractivity contribution in [2.45, 2.75) is 31.1 Å². The normalized spacial score (nSPS) is 19.4. The van der Waals surface area contributed by atoms with Crippen molar-refractivity contribution in [2.75, 3.05) is 31.4 Å². The van der Waals surface area contributed by atoms with Gasteiger partial charge in [0.05, 0.1) is 12.7 Å². The van der Waals surface area contributed by atoms with E-state index in [0.717, 1.165) is 25.1 Å². The molecule has 0 aliphatic carbocycles. The molecule has 1 aromatic carbocycles. The summed E-state index contributed by atoms with van der Waals surface area (Å²) < 4.78 is 10.9. The summed E-state index contributed by atoms with van der Waals surface area (Å²) in [4.78, 5) is 11.9. The van der Waals surface area contributed by atoms with Gasteiger partial charge in [-0.1, -0.05) is 12.1 Å². The first-order valence-corrected chi connectivity index (χ1v) is 8.60. The number of carbonyl (C=O) groups is 1. The van der Waals surface area contributed by atoms with Crippen molar-refractivity contribution < 1.29 is 14.3 Å². The van der Waals surface area contributed by atoms with Crippen molar-refractivity contribution >= 4 is 23.4 Å². The van der Waals surface area contributed by atoms with Crippen LogP contribution in [0.1, 0.15) is 30.6 Å². The molecule has 0 bridgehead atoms. The lowest BCUT2D eigenvalue weighted by atomic mass is 10.1. The second-order valence-electron chi connectivity index (χ2n) is 5.20. The summed E-state index contributed by atoms with van der Waals surface area (Å²) >= 11 is 1.78. The topological polar surface area (TPSA) is 47.6 Å². The van der Waals surface area contributed by atoms with Gasteiger partial charge in [-0.2, -0.15) is 11.8 Å². The van der Waals surface area contributed by atoms with E-state index in [9.17, 15) is 4.79 Å². The van der Waals surface area contributed by atoms with Gasteiger partial charge in [0.1, 0.15) is 6.61 Å². The van der Waals surface area contributed by atoms with Gasteiger partial charge in [0.25, 0.3) is 0 Å². The van der Waals surface area contributed by atoms with Crippen LogP contribution in [-0.4, -0.2) is 38.1 Å². The molecule has 2 rings (SSSR count). The van der Waals surface area contributed by atoms with Crippen LogP contribution in [0.2, 0.25) is 0 Å². The first-order chi connectivity index (χ1) is 10.2. The zero-order chi connectivity index (χ0) is 15.1. The van der Waals surface area contributed by atoms with Gasteiger partial charge >= 0.3 is 0 Å². The number of ether oxygens (including phenoxy) is 2. The fourth-order valence-electron chi connectivity index (χ4n) is 2.26. The zero-order valence-corrected chi connectivity index (χ0v) is 13.4. The first-order valence-electron chi connectivity index (χ1n) is 7.31. The predicted octanol–water partition coefficient (Wildman–Crippen LogP) is 3.24. The van der Waals surface area contributed by atoms with Gasteiger partial charge in [-0.15, -0.1) is 0 Å². The molecular formula is C16H23NO3S. The third-order valence-corrected chi connectivity index (χ3v) is 4.53. The summed E-state index contributed by atoms with van der Waals surface area (Å²) in [6.07, 6.45) is 4.34. The highest BCUT2D eigenvalue weighted by Crippen LogP contribution is 2.27. The molecule has 1 heterocycles. The number of anilines is 1. The summed E-state index contributed by atoms with van der Waals surface area (Å²) in [7, 11) is 0. The van der Waals surface area contributed by atoms with Crippen molar-refractivity contribution in [2.24, 2.45) is 0 Å². The molecule has 2 atom stereocenters. The molecule has 5 heteroatoms. The molecule has 0 spiro atoms. The molecule has 1 amide bonds. The summed E-state index contributed by atoms with van der Waals surface area (Å²) in [6, 6.07) is 7.95. The Balaban J connectivity index is 1.76. The van der Waals surface area contributed by atoms with Crippen molar-refractivity contribution in [3.05, 3.63) is 29.8 Å². The molecule has 1 aliphatic heterocycles. The van der Waals surface area contributed by atoms with Crippen LogP contribution in [0.4, 0.5) is 5.69 Å². The highest BCUT2D eigenvalue weighted by Gasteiger charge is 2.16. The molecule has 0 saturated carbocycles. The Morgan fingerprint density at radius 2 is 2.43 bits per heavy atom. The SMILES string of the molecule is CS[C@H](C)c1cccc(NC(=O)COC[C@@H]2CCCO2)c1. The molecule has 0 aromatic heterocycles. The summed E-state index contributed by atoms with van der Waals surface area (Å²) in [5, 5.41) is 3.29. The number of benzene rings is 1. The number of carbonyl (C=O) groups excluding carboxylic acids is 1. The van der Waals surface area contributed by atoms with Crippen molar-refractivity contribution in [3.8, 4) is 0 Å². The Bertz CT molecular complexity index is 461. The Kier molecular flexibility index (Phi) is 6.54. The van der Waals surface area contributed by atoms with Crippen LogP contribution in [0, 0.1) is 0 Å². The lowest BCUT2D eigenvalue weighted by molar-refractivity contribution is -0.121. The Hall–Kier alpha value is -1.04. The van der Waals surface area contributed by atoms with Crippen molar-refractivity contribution in [1.82, 2.24) is 0 Å². The van der Waals surface area contributed by atoms with E-state index in [2.05, 4.69) is 24.6 Å². The van der Waals surface area contributed by atoms with Gasteiger partial charge in [0.15, 0.2) is 0 Å². The van der Waals surface area contributed by atoms with Gasteiger partial charge in [0.2, 0.25) is 5.91 Å². The predicted molar refractivity (Wildman–Crippen MR) is 86.8 cm³/mol. The van der Waals surface area contributed by atoms with Crippen molar-refractivity contribution in [1.29, 1.82) is 0 Å². The zero-order valence-electron chi connectivity index (χ0n) is 12.6. The van der Waals surface area contributed by atoms with E-state index >= 15 is 0 Å². The number of hydrogen-bond acceptors (Lipinski definition) is 4. The molecule has 1 aliphatic rings. The summed E-state index contributed by atoms with van der Waals surface area (Å²) in [5.74, 6) is -0.123. The molecule has 1 saturated heterocycles. The second kappa shape index (κ2) is 8.41. The number of thioether (sulfide) groups is 1. The Labute approximate surface area is 130 Å². The third kappa shape index (κ3) is 5.34. The fraction of sp³-hybridized carbons (Fsp3) is 0.562. The van der Waals surface area contributed by atoms with E-state index in [1.54, 1.807) is 11.8 Å². The van der Waals surface area contributed by atoms with Gasteiger partial charge < -0.3 is 14.8 Å². The average Bonchev–Trinajstić information content (AvgIpc) is 3.00. The summed E-state index contributed by atoms with van der Waals surface area (Å²) in [6.45, 7) is 3.52. The van der Waals surface area contributed by atoms with Gasteiger partial charge in [-0.25, -0.2) is 0 Å². The van der Waals surface area contributed by atoms with E-state index in [1.807, 2.05) is 18.2 Å². The number of hydrogen-bond donors (Lipinski definition) is 1. The fourth-order valence-corrected chi connectivity index (χ4v) is 2.68. The van der Waals surface area contributed by atoms with E-state index in [-0.39, 0.29) is 18.6 Å². The van der Waals surface area contributed by atoms with Crippen LogP contribution in [0.15, 0.2) is 24.3 Å². The van der Waals surface area contributed by atoms with E-state index in [4.69, 9.17) is 9.47 Å². The number of rotatable bonds is 7. The second-order valence-corrected chi connectivity index (χ2v) is 6.38. The van der Waals surface area contributed by atoms with E-state index in [0.29, 0.717) is 11.9 Å². The number of amides is 1. The monoisotopic (exact) mass is 309 g/mol. The van der Waals surface area contributed by atoms with Gasteiger partial charge in [-0.3, -0.25) is 4.79 Å². The van der Waals surface area contributed by atoms with Crippen LogP contribution >= 0.6 is 11.8 Å². The molecule has 4 nitrogen and oxygen atoms in total. The largest absolute Gasteiger partial charge is 0.376 e. The standard InChI is InChI=1S/C16H23NO3S/c1-12(21-2)13-5-3-6-14(9-13)17-16(18)11-19-10-15-7-4-8-20-15/h3,5-6,9,12,15H,4,7-8,10-11H2,1-2H3,(H,17,18)/t12-,15+/m1/s1. The van der Waals surface area contributed by atoms with Crippen LogP contribution in [0.3, 0.4) is 0 Å². The van der Waals surface area contributed by atoms with E-state index in [1.165, 1.54) is 5.56 Å². The molecule has 21 heavy (non-hydrogen) atoms. The maximum Gasteiger partial charge on any atom is 0.250 e. The minimum Gasteiger partial charge on any atom is -0.376 e. The van der Waals surface area contributed by atoms with Crippen LogP contribution < -0.4 is 5.32 Å². The minimum atomic E-state index is -0.123. The van der Waals surface area contributed by atoms with Gasteiger partial charge in [0, 0.05) is 17.5 Å². The van der Waals surface area contributed by atoms with Gasteiger partial charge in [-0.05, 0) is 43.7 Å². The molecular weight excluding hydrogens is 286 g/mol. The maximum atomic E-state index is 11.9. The van der Waals surface area contributed by atoms with E-state index < -0.39 is 0 Å². The Morgan fingerprint density at radius 3 is 3.14 bits per heavy atom. The van der Waals surface area contributed by atoms with Crippen LogP contribution in [0.25, 0.3) is 0 Å². The highest BCUT2D eigenvalue weighted by molar-refractivity contribution is 7.98. The quantitative estimate of drug-likeness (QED) is 0.840. The molecule has 1 aromatic rings. The number of nitrogens with one attached hydrogen (secondary N) is 1. The first kappa shape index (κ1) is 16.3. The van der Waals surface area contributed by atoms with Crippen LogP contribution in [-0.2, 0) is 14.3 Å². The smallest absolute Gasteiger partial charge is 0.250 e. The third-order valence-electron chi connectivity index (χ3n) is 3.55. The molecule has 116 valence electrons. The summed E-state index contributed by atoms with van der Waals surface area (Å²) in [5.41, 5.74) is 2.03. The van der Waals surface area contributed by atoms with Crippen molar-refractivity contribution in [3.63, 3.8) is 0 Å². The minimum absolute atomic E-state index is 0.0716. The lowest BCUT2D eigenvalue weighted by Gasteiger charge is -2.12. The highest BCUT2D eigenvalue weighted by atomic mass is 32.2. The lowest BCUT2D eigenvalue weighted by Crippen LogP contribution is -2.22. The average molecular weight is 309 g/mol. The molecule has 1 fully saturated rings. The molecule has 1 N–H and O–H groups in total. The molecule has 0 unspecified atom stereocenters. The Morgan fingerprint density at radius 1 is 1.57 bits per heavy atom. The maximum absolute atomic E-state index is 11.9. The molecule has 0 radical (unpaired) electrons.